The minimum absolute atomic E-state index is 0.176. The third-order valence-corrected chi connectivity index (χ3v) is 2.58. The summed E-state index contributed by atoms with van der Waals surface area (Å²) in [5.41, 5.74) is 3.17. The molecule has 0 radical (unpaired) electrons. The highest BCUT2D eigenvalue weighted by atomic mass is 16.5. The molecule has 1 aromatic rings. The number of morpholine rings is 1. The molecule has 1 aliphatic rings. The van der Waals surface area contributed by atoms with Crippen molar-refractivity contribution in [1.82, 2.24) is 30.7 Å². The number of hydrogen-bond donors (Lipinski definition) is 3. The molecule has 0 aromatic carbocycles. The maximum atomic E-state index is 11.6. The second-order valence-corrected chi connectivity index (χ2v) is 4.20. The summed E-state index contributed by atoms with van der Waals surface area (Å²) in [7, 11) is 0. The Balaban J connectivity index is 1.72. The monoisotopic (exact) mass is 284 g/mol. The van der Waals surface area contributed by atoms with Crippen LogP contribution in [0.4, 0.5) is 4.79 Å². The number of aliphatic carboxylic acids is 1. The summed E-state index contributed by atoms with van der Waals surface area (Å²) in [4.78, 5) is 22.1. The Hall–Kier alpha value is -2.20. The quantitative estimate of drug-likeness (QED) is 0.596. The van der Waals surface area contributed by atoms with E-state index < -0.39 is 5.97 Å². The molecule has 0 aliphatic carbocycles. The summed E-state index contributed by atoms with van der Waals surface area (Å²) in [5, 5.41) is 20.4. The van der Waals surface area contributed by atoms with Gasteiger partial charge in [-0.1, -0.05) is 5.21 Å². The predicted molar refractivity (Wildman–Crippen MR) is 65.4 cm³/mol. The molecular formula is C10H16N6O4. The van der Waals surface area contributed by atoms with Crippen molar-refractivity contribution in [2.45, 2.75) is 13.1 Å². The highest BCUT2D eigenvalue weighted by Gasteiger charge is 2.13. The van der Waals surface area contributed by atoms with Gasteiger partial charge in [0.25, 0.3) is 0 Å². The first-order valence-corrected chi connectivity index (χ1v) is 6.11. The number of hydrogen-bond acceptors (Lipinski definition) is 6. The average Bonchev–Trinajstić information content (AvgIpc) is 2.84. The molecule has 110 valence electrons. The minimum atomic E-state index is -1.00. The summed E-state index contributed by atoms with van der Waals surface area (Å²) < 4.78 is 6.36. The van der Waals surface area contributed by atoms with Crippen LogP contribution in [-0.2, 0) is 22.6 Å². The maximum absolute atomic E-state index is 11.6. The number of nitrogens with zero attached hydrogens (tertiary/aromatic N) is 4. The van der Waals surface area contributed by atoms with Crippen molar-refractivity contribution in [2.75, 3.05) is 26.3 Å². The Kier molecular flexibility index (Phi) is 4.85. The number of carbonyl (C=O) groups is 2. The Morgan fingerprint density at radius 1 is 1.40 bits per heavy atom. The molecule has 2 heterocycles. The van der Waals surface area contributed by atoms with Gasteiger partial charge in [-0.05, 0) is 0 Å². The first-order valence-electron chi connectivity index (χ1n) is 6.11. The molecule has 1 fully saturated rings. The zero-order valence-electron chi connectivity index (χ0n) is 10.8. The van der Waals surface area contributed by atoms with Gasteiger partial charge >= 0.3 is 12.0 Å². The van der Waals surface area contributed by atoms with E-state index in [1.165, 1.54) is 10.9 Å². The molecule has 3 N–H and O–H groups in total. The van der Waals surface area contributed by atoms with Crippen LogP contribution in [0.2, 0.25) is 0 Å². The average molecular weight is 284 g/mol. The smallest absolute Gasteiger partial charge is 0.329 e. The summed E-state index contributed by atoms with van der Waals surface area (Å²) >= 11 is 0. The van der Waals surface area contributed by atoms with E-state index in [0.717, 1.165) is 0 Å². The predicted octanol–water partition coefficient (Wildman–Crippen LogP) is -1.59. The number of aromatic nitrogens is 3. The van der Waals surface area contributed by atoms with E-state index in [1.54, 1.807) is 5.01 Å². The number of ether oxygens (including phenoxy) is 1. The van der Waals surface area contributed by atoms with Crippen molar-refractivity contribution in [3.63, 3.8) is 0 Å². The van der Waals surface area contributed by atoms with E-state index in [-0.39, 0.29) is 19.1 Å². The van der Waals surface area contributed by atoms with Gasteiger partial charge in [-0.2, -0.15) is 0 Å². The van der Waals surface area contributed by atoms with Crippen LogP contribution in [0.1, 0.15) is 5.69 Å². The van der Waals surface area contributed by atoms with Crippen LogP contribution in [0.25, 0.3) is 0 Å². The van der Waals surface area contributed by atoms with E-state index in [1.807, 2.05) is 0 Å². The minimum Gasteiger partial charge on any atom is -0.480 e. The lowest BCUT2D eigenvalue weighted by Gasteiger charge is -2.26. The Morgan fingerprint density at radius 2 is 2.15 bits per heavy atom. The van der Waals surface area contributed by atoms with E-state index in [0.29, 0.717) is 32.0 Å². The molecular weight excluding hydrogens is 268 g/mol. The first kappa shape index (κ1) is 14.2. The first-order chi connectivity index (χ1) is 9.63. The molecule has 0 atom stereocenters. The zero-order chi connectivity index (χ0) is 14.4. The van der Waals surface area contributed by atoms with Crippen molar-refractivity contribution < 1.29 is 19.4 Å². The maximum Gasteiger partial charge on any atom is 0.329 e. The Bertz CT molecular complexity index is 470. The van der Waals surface area contributed by atoms with Crippen molar-refractivity contribution in [3.8, 4) is 0 Å². The normalized spacial score (nSPS) is 15.8. The molecule has 2 amide bonds. The molecule has 10 nitrogen and oxygen atoms in total. The number of carbonyl (C=O) groups excluding carboxylic acids is 1. The molecule has 0 unspecified atom stereocenters. The van der Waals surface area contributed by atoms with Crippen LogP contribution < -0.4 is 10.7 Å². The summed E-state index contributed by atoms with van der Waals surface area (Å²) in [6.45, 7) is 2.38. The number of carboxylic acid groups (broad SMARTS) is 1. The second kappa shape index (κ2) is 6.82. The van der Waals surface area contributed by atoms with Gasteiger partial charge in [0.1, 0.15) is 12.2 Å². The zero-order valence-corrected chi connectivity index (χ0v) is 10.8. The molecule has 0 bridgehead atoms. The largest absolute Gasteiger partial charge is 0.480 e. The number of amides is 2. The van der Waals surface area contributed by atoms with Crippen LogP contribution in [0.3, 0.4) is 0 Å². The highest BCUT2D eigenvalue weighted by Crippen LogP contribution is 1.94. The fourth-order valence-corrected chi connectivity index (χ4v) is 1.66. The number of carboxylic acids is 1. The van der Waals surface area contributed by atoms with Crippen LogP contribution in [-0.4, -0.2) is 63.4 Å². The van der Waals surface area contributed by atoms with Crippen molar-refractivity contribution in [2.24, 2.45) is 0 Å². The molecule has 2 rings (SSSR count). The fraction of sp³-hybridized carbons (Fsp3) is 0.600. The van der Waals surface area contributed by atoms with Crippen molar-refractivity contribution in [3.05, 3.63) is 11.9 Å². The van der Waals surface area contributed by atoms with Gasteiger partial charge in [-0.25, -0.2) is 14.5 Å². The van der Waals surface area contributed by atoms with Crippen LogP contribution in [0.5, 0.6) is 0 Å². The van der Waals surface area contributed by atoms with Crippen LogP contribution in [0, 0.1) is 0 Å². The molecule has 10 heteroatoms. The molecule has 1 aromatic heterocycles. The summed E-state index contributed by atoms with van der Waals surface area (Å²) in [5.74, 6) is -1.00. The second-order valence-electron chi connectivity index (χ2n) is 4.20. The van der Waals surface area contributed by atoms with E-state index in [9.17, 15) is 9.59 Å². The van der Waals surface area contributed by atoms with E-state index in [2.05, 4.69) is 21.1 Å². The summed E-state index contributed by atoms with van der Waals surface area (Å²) in [6.07, 6.45) is 1.48. The van der Waals surface area contributed by atoms with Gasteiger partial charge in [0, 0.05) is 13.1 Å². The third-order valence-electron chi connectivity index (χ3n) is 2.58. The van der Waals surface area contributed by atoms with Crippen LogP contribution >= 0.6 is 0 Å². The molecule has 1 aliphatic heterocycles. The number of urea groups is 1. The standard InChI is InChI=1S/C10H16N6O4/c17-9(18)7-16-6-8(12-14-16)5-11-10(19)13-15-1-3-20-4-2-15/h6H,1-5,7H2,(H,17,18)(H2,11,13,19). The molecule has 1 saturated heterocycles. The van der Waals surface area contributed by atoms with Crippen molar-refractivity contribution in [1.29, 1.82) is 0 Å². The molecule has 0 saturated carbocycles. The molecule has 20 heavy (non-hydrogen) atoms. The topological polar surface area (TPSA) is 122 Å². The lowest BCUT2D eigenvalue weighted by atomic mass is 10.5. The molecule has 0 spiro atoms. The SMILES string of the molecule is O=C(O)Cn1cc(CNC(=O)NN2CCOCC2)nn1. The van der Waals surface area contributed by atoms with Gasteiger partial charge < -0.3 is 15.2 Å². The number of hydrazine groups is 1. The van der Waals surface area contributed by atoms with Gasteiger partial charge in [-0.15, -0.1) is 5.10 Å². The van der Waals surface area contributed by atoms with Gasteiger partial charge in [-0.3, -0.25) is 10.2 Å². The summed E-state index contributed by atoms with van der Waals surface area (Å²) in [6, 6.07) is -0.348. The number of rotatable bonds is 5. The van der Waals surface area contributed by atoms with Gasteiger partial charge in [0.2, 0.25) is 0 Å². The Morgan fingerprint density at radius 3 is 2.85 bits per heavy atom. The van der Waals surface area contributed by atoms with Gasteiger partial charge in [0.05, 0.1) is 26.0 Å². The lowest BCUT2D eigenvalue weighted by molar-refractivity contribution is -0.137. The van der Waals surface area contributed by atoms with E-state index >= 15 is 0 Å². The third kappa shape index (κ3) is 4.48. The van der Waals surface area contributed by atoms with Crippen molar-refractivity contribution >= 4 is 12.0 Å². The Labute approximate surface area is 114 Å². The highest BCUT2D eigenvalue weighted by molar-refractivity contribution is 5.73. The number of nitrogens with one attached hydrogen (secondary N) is 2. The fourth-order valence-electron chi connectivity index (χ4n) is 1.66. The van der Waals surface area contributed by atoms with E-state index in [4.69, 9.17) is 9.84 Å². The van der Waals surface area contributed by atoms with Gasteiger partial charge in [0.15, 0.2) is 0 Å². The van der Waals surface area contributed by atoms with Crippen LogP contribution in [0.15, 0.2) is 6.20 Å². The lowest BCUT2D eigenvalue weighted by Crippen LogP contribution is -2.51.